The van der Waals surface area contributed by atoms with E-state index < -0.39 is 0 Å². The summed E-state index contributed by atoms with van der Waals surface area (Å²) in [6.07, 6.45) is 0.924. The van der Waals surface area contributed by atoms with Gasteiger partial charge in [0.05, 0.1) is 24.1 Å². The lowest BCUT2D eigenvalue weighted by Crippen LogP contribution is -2.37. The second-order valence-electron chi connectivity index (χ2n) is 7.35. The Labute approximate surface area is 175 Å². The summed E-state index contributed by atoms with van der Waals surface area (Å²) < 4.78 is 7.29. The van der Waals surface area contributed by atoms with E-state index in [9.17, 15) is 4.79 Å². The van der Waals surface area contributed by atoms with Gasteiger partial charge in [0, 0.05) is 31.4 Å². The van der Waals surface area contributed by atoms with Crippen LogP contribution < -0.4 is 5.56 Å². The molecular weight excluding hydrogens is 382 g/mol. The zero-order valence-electron chi connectivity index (χ0n) is 16.8. The number of thioether (sulfide) groups is 1. The van der Waals surface area contributed by atoms with Gasteiger partial charge in [0.25, 0.3) is 5.56 Å². The second-order valence-corrected chi connectivity index (χ2v) is 8.65. The average Bonchev–Trinajstić information content (AvgIpc) is 2.77. The Morgan fingerprint density at radius 1 is 1.03 bits per heavy atom. The molecule has 1 aliphatic rings. The molecule has 0 spiro atoms. The van der Waals surface area contributed by atoms with E-state index in [0.717, 1.165) is 49.9 Å². The van der Waals surface area contributed by atoms with Gasteiger partial charge in [-0.1, -0.05) is 54.2 Å². The molecule has 1 aromatic heterocycles. The van der Waals surface area contributed by atoms with Gasteiger partial charge in [-0.15, -0.1) is 0 Å². The van der Waals surface area contributed by atoms with Crippen molar-refractivity contribution in [1.82, 2.24) is 14.5 Å². The van der Waals surface area contributed by atoms with Crippen molar-refractivity contribution in [2.75, 3.05) is 32.8 Å². The predicted molar refractivity (Wildman–Crippen MR) is 119 cm³/mol. The normalized spacial score (nSPS) is 16.2. The first-order valence-corrected chi connectivity index (χ1v) is 11.1. The third kappa shape index (κ3) is 4.89. The highest BCUT2D eigenvalue weighted by atomic mass is 32.2. The molecule has 6 heteroatoms. The van der Waals surface area contributed by atoms with Crippen molar-refractivity contribution in [3.8, 4) is 0 Å². The molecule has 0 radical (unpaired) electrons. The van der Waals surface area contributed by atoms with Gasteiger partial charge in [-0.05, 0) is 31.0 Å². The number of benzene rings is 2. The number of morpholine rings is 1. The van der Waals surface area contributed by atoms with Crippen molar-refractivity contribution in [2.24, 2.45) is 0 Å². The molecule has 0 saturated carbocycles. The van der Waals surface area contributed by atoms with Gasteiger partial charge >= 0.3 is 0 Å². The van der Waals surface area contributed by atoms with Gasteiger partial charge in [-0.3, -0.25) is 14.3 Å². The molecule has 152 valence electrons. The lowest BCUT2D eigenvalue weighted by molar-refractivity contribution is 0.0368. The fourth-order valence-corrected chi connectivity index (χ4v) is 4.72. The molecule has 1 atom stereocenters. The smallest absolute Gasteiger partial charge is 0.262 e. The van der Waals surface area contributed by atoms with E-state index in [2.05, 4.69) is 36.1 Å². The summed E-state index contributed by atoms with van der Waals surface area (Å²) in [5.74, 6) is 0. The van der Waals surface area contributed by atoms with Crippen LogP contribution in [0.3, 0.4) is 0 Å². The Hall–Kier alpha value is -2.15. The first kappa shape index (κ1) is 20.1. The number of hydrogen-bond donors (Lipinski definition) is 0. The second kappa shape index (κ2) is 9.57. The van der Waals surface area contributed by atoms with Crippen LogP contribution in [0.4, 0.5) is 0 Å². The van der Waals surface area contributed by atoms with Gasteiger partial charge in [0.1, 0.15) is 0 Å². The molecule has 1 saturated heterocycles. The quantitative estimate of drug-likeness (QED) is 0.436. The van der Waals surface area contributed by atoms with Crippen molar-refractivity contribution in [2.45, 2.75) is 30.3 Å². The molecular formula is C23H27N3O2S. The van der Waals surface area contributed by atoms with Crippen LogP contribution in [0.25, 0.3) is 10.9 Å². The molecule has 5 nitrogen and oxygen atoms in total. The number of para-hydroxylation sites is 1. The maximum atomic E-state index is 13.2. The fraction of sp³-hybridized carbons (Fsp3) is 0.391. The van der Waals surface area contributed by atoms with Crippen molar-refractivity contribution in [3.05, 3.63) is 70.5 Å². The Morgan fingerprint density at radius 3 is 2.55 bits per heavy atom. The van der Waals surface area contributed by atoms with Crippen molar-refractivity contribution < 1.29 is 4.74 Å². The molecule has 1 aliphatic heterocycles. The Bertz CT molecular complexity index is 1000. The molecule has 3 aromatic rings. The van der Waals surface area contributed by atoms with Gasteiger partial charge in [0.2, 0.25) is 0 Å². The van der Waals surface area contributed by atoms with Crippen LogP contribution in [0.1, 0.15) is 24.2 Å². The molecule has 1 fully saturated rings. The Kier molecular flexibility index (Phi) is 6.64. The van der Waals surface area contributed by atoms with E-state index >= 15 is 0 Å². The highest BCUT2D eigenvalue weighted by Crippen LogP contribution is 2.33. The van der Waals surface area contributed by atoms with Gasteiger partial charge in [-0.25, -0.2) is 4.98 Å². The van der Waals surface area contributed by atoms with Gasteiger partial charge in [0.15, 0.2) is 5.16 Å². The highest BCUT2D eigenvalue weighted by Gasteiger charge is 2.16. The topological polar surface area (TPSA) is 47.4 Å². The van der Waals surface area contributed by atoms with Crippen LogP contribution in [-0.2, 0) is 11.3 Å². The number of ether oxygens (including phenoxy) is 1. The van der Waals surface area contributed by atoms with E-state index in [1.807, 2.05) is 34.9 Å². The molecule has 29 heavy (non-hydrogen) atoms. The number of fused-ring (bicyclic) bond motifs is 1. The third-order valence-corrected chi connectivity index (χ3v) is 6.49. The maximum absolute atomic E-state index is 13.2. The van der Waals surface area contributed by atoms with E-state index in [1.54, 1.807) is 11.8 Å². The summed E-state index contributed by atoms with van der Waals surface area (Å²) in [4.78, 5) is 20.5. The number of rotatable bonds is 7. The minimum atomic E-state index is 0.0559. The van der Waals surface area contributed by atoms with Crippen molar-refractivity contribution in [1.29, 1.82) is 0 Å². The van der Waals surface area contributed by atoms with Crippen LogP contribution in [0.2, 0.25) is 0 Å². The molecule has 0 amide bonds. The maximum Gasteiger partial charge on any atom is 0.262 e. The first-order valence-electron chi connectivity index (χ1n) is 10.2. The van der Waals surface area contributed by atoms with Crippen molar-refractivity contribution in [3.63, 3.8) is 0 Å². The Morgan fingerprint density at radius 2 is 1.76 bits per heavy atom. The summed E-state index contributed by atoms with van der Waals surface area (Å²) in [6.45, 7) is 7.35. The summed E-state index contributed by atoms with van der Waals surface area (Å²) >= 11 is 1.66. The third-order valence-electron chi connectivity index (χ3n) is 5.34. The molecule has 0 bridgehead atoms. The van der Waals surface area contributed by atoms with Crippen molar-refractivity contribution >= 4 is 22.7 Å². The molecule has 2 heterocycles. The van der Waals surface area contributed by atoms with Gasteiger partial charge < -0.3 is 4.74 Å². The summed E-state index contributed by atoms with van der Waals surface area (Å²) in [5, 5.41) is 1.71. The predicted octanol–water partition coefficient (Wildman–Crippen LogP) is 3.97. The van der Waals surface area contributed by atoms with E-state index in [1.165, 1.54) is 5.56 Å². The van der Waals surface area contributed by atoms with E-state index in [-0.39, 0.29) is 10.8 Å². The van der Waals surface area contributed by atoms with Crippen LogP contribution in [0.15, 0.2) is 64.5 Å². The fourth-order valence-electron chi connectivity index (χ4n) is 3.66. The standard InChI is InChI=1S/C23H27N3O2S/c1-18(19-8-3-2-4-9-19)29-23-24-21-11-6-5-10-20(21)22(27)26(23)13-7-12-25-14-16-28-17-15-25/h2-6,8-11,18H,7,12-17H2,1H3. The minimum absolute atomic E-state index is 0.0559. The number of nitrogens with zero attached hydrogens (tertiary/aromatic N) is 3. The highest BCUT2D eigenvalue weighted by molar-refractivity contribution is 7.99. The Balaban J connectivity index is 1.58. The molecule has 0 aliphatic carbocycles. The SMILES string of the molecule is CC(Sc1nc2ccccc2c(=O)n1CCCN1CCOCC1)c1ccccc1. The zero-order chi connectivity index (χ0) is 20.1. The zero-order valence-corrected chi connectivity index (χ0v) is 17.6. The van der Waals surface area contributed by atoms with Crippen LogP contribution in [0.5, 0.6) is 0 Å². The molecule has 4 rings (SSSR count). The lowest BCUT2D eigenvalue weighted by Gasteiger charge is -2.26. The first-order chi connectivity index (χ1) is 14.2. The average molecular weight is 410 g/mol. The lowest BCUT2D eigenvalue weighted by atomic mass is 10.2. The molecule has 0 N–H and O–H groups in total. The van der Waals surface area contributed by atoms with Gasteiger partial charge in [-0.2, -0.15) is 0 Å². The molecule has 1 unspecified atom stereocenters. The van der Waals surface area contributed by atoms with E-state index in [0.29, 0.717) is 11.9 Å². The molecule has 2 aromatic carbocycles. The summed E-state index contributed by atoms with van der Waals surface area (Å²) in [5.41, 5.74) is 2.06. The monoisotopic (exact) mass is 409 g/mol. The van der Waals surface area contributed by atoms with Crippen LogP contribution >= 0.6 is 11.8 Å². The largest absolute Gasteiger partial charge is 0.379 e. The number of aromatic nitrogens is 2. The van der Waals surface area contributed by atoms with E-state index in [4.69, 9.17) is 9.72 Å². The number of hydrogen-bond acceptors (Lipinski definition) is 5. The summed E-state index contributed by atoms with van der Waals surface area (Å²) in [7, 11) is 0. The minimum Gasteiger partial charge on any atom is -0.379 e. The van der Waals surface area contributed by atoms with Crippen LogP contribution in [-0.4, -0.2) is 47.3 Å². The summed E-state index contributed by atoms with van der Waals surface area (Å²) in [6, 6.07) is 18.0. The van der Waals surface area contributed by atoms with Crippen LogP contribution in [0, 0.1) is 0 Å².